The molecule has 0 bridgehead atoms. The number of aryl methyl sites for hydroxylation is 1. The predicted octanol–water partition coefficient (Wildman–Crippen LogP) is 10.9. The second-order valence-electron chi connectivity index (χ2n) is 14.0. The molecule has 0 amide bonds. The summed E-state index contributed by atoms with van der Waals surface area (Å²) in [5, 5.41) is 7.28. The van der Waals surface area contributed by atoms with E-state index in [-0.39, 0.29) is 12.1 Å². The molecule has 0 radical (unpaired) electrons. The van der Waals surface area contributed by atoms with Crippen LogP contribution in [0.25, 0.3) is 71.3 Å². The van der Waals surface area contributed by atoms with Crippen molar-refractivity contribution in [2.45, 2.75) is 37.3 Å². The fraction of sp³-hybridized carbons (Fsp3) is 0.130. The van der Waals surface area contributed by atoms with Crippen LogP contribution in [0.4, 0.5) is 0 Å². The number of furan rings is 1. The van der Waals surface area contributed by atoms with Crippen molar-refractivity contribution in [3.63, 3.8) is 0 Å². The molecule has 50 heavy (non-hydrogen) atoms. The highest BCUT2D eigenvalue weighted by Crippen LogP contribution is 2.47. The molecule has 2 aliphatic heterocycles. The van der Waals surface area contributed by atoms with Crippen molar-refractivity contribution in [1.82, 2.24) is 4.40 Å². The Morgan fingerprint density at radius 3 is 2.46 bits per heavy atom. The molecule has 0 saturated heterocycles. The van der Waals surface area contributed by atoms with Crippen LogP contribution < -0.4 is 4.57 Å². The average molecular weight is 645 g/mol. The quantitative estimate of drug-likeness (QED) is 0.136. The van der Waals surface area contributed by atoms with Crippen molar-refractivity contribution in [2.75, 3.05) is 0 Å². The molecule has 4 aromatic heterocycles. The molecule has 0 fully saturated rings. The van der Waals surface area contributed by atoms with Crippen molar-refractivity contribution in [2.24, 2.45) is 4.99 Å². The van der Waals surface area contributed by atoms with Crippen LogP contribution in [0.2, 0.25) is 0 Å². The zero-order valence-corrected chi connectivity index (χ0v) is 27.6. The van der Waals surface area contributed by atoms with Crippen LogP contribution in [0, 0.1) is 0 Å². The first kappa shape index (κ1) is 27.9. The van der Waals surface area contributed by atoms with Gasteiger partial charge in [-0.25, -0.2) is 0 Å². The second kappa shape index (κ2) is 10.3. The Morgan fingerprint density at radius 1 is 0.740 bits per heavy atom. The van der Waals surface area contributed by atoms with Gasteiger partial charge >= 0.3 is 0 Å². The van der Waals surface area contributed by atoms with E-state index >= 15 is 0 Å². The number of rotatable bonds is 2. The molecule has 0 N–H and O–H groups in total. The standard InChI is InChI=1S/C46H34N3O/c1-3-28-24-40-31(29-13-5-6-14-30(29)38-17-11-12-22-48(38)40)21-20-27-23-41-35(25-34(27)37(4-2)47-28)36-26-43-44(33-16-8-10-19-42(33)50-43)45-32-15-7-9-18-39(32)49(41)46(36)45/h3-19,22-23,25-26,28,31,40H,1-2,20-21,24H2/q+1. The Balaban J connectivity index is 1.20. The molecule has 3 unspecified atom stereocenters. The number of hydrogen-bond donors (Lipinski definition) is 0. The van der Waals surface area contributed by atoms with Crippen molar-refractivity contribution >= 4 is 65.7 Å². The van der Waals surface area contributed by atoms with Crippen LogP contribution in [-0.2, 0) is 6.42 Å². The van der Waals surface area contributed by atoms with Crippen LogP contribution >= 0.6 is 0 Å². The molecular weight excluding hydrogens is 611 g/mol. The summed E-state index contributed by atoms with van der Waals surface area (Å²) in [4.78, 5) is 5.42. The maximum atomic E-state index is 6.55. The van der Waals surface area contributed by atoms with Crippen LogP contribution in [0.1, 0.15) is 41.5 Å². The number of nitrogens with zero attached hydrogens (tertiary/aromatic N) is 3. The first-order valence-corrected chi connectivity index (χ1v) is 17.7. The van der Waals surface area contributed by atoms with E-state index < -0.39 is 0 Å². The third-order valence-electron chi connectivity index (χ3n) is 11.6. The van der Waals surface area contributed by atoms with Gasteiger partial charge in [-0.3, -0.25) is 4.99 Å². The Morgan fingerprint density at radius 2 is 1.56 bits per heavy atom. The molecule has 0 saturated carbocycles. The van der Waals surface area contributed by atoms with Gasteiger partial charge in [-0.1, -0.05) is 67.3 Å². The first-order valence-electron chi connectivity index (χ1n) is 17.7. The Kier molecular flexibility index (Phi) is 5.72. The highest BCUT2D eigenvalue weighted by Gasteiger charge is 2.41. The van der Waals surface area contributed by atoms with Gasteiger partial charge in [-0.05, 0) is 72.5 Å². The van der Waals surface area contributed by atoms with E-state index in [4.69, 9.17) is 9.41 Å². The fourth-order valence-corrected chi connectivity index (χ4v) is 9.53. The zero-order valence-electron chi connectivity index (χ0n) is 27.6. The van der Waals surface area contributed by atoms with Gasteiger partial charge in [0, 0.05) is 67.9 Å². The first-order chi connectivity index (χ1) is 24.7. The number of pyridine rings is 1. The molecule has 11 rings (SSSR count). The molecule has 6 heterocycles. The Hall–Kier alpha value is -6.00. The second-order valence-corrected chi connectivity index (χ2v) is 14.0. The number of fused-ring (bicyclic) bond motifs is 17. The predicted molar refractivity (Wildman–Crippen MR) is 206 cm³/mol. The SMILES string of the molecule is C=CC1=NC(C=C)CC2C(CCc3cc4c(cc31)c1cc3oc5ccccc5c3c3c5ccccc5n4c13)c1ccccc1-c1cccc[n+]12. The molecular formula is C46H34N3O+. The van der Waals surface area contributed by atoms with Crippen molar-refractivity contribution in [1.29, 1.82) is 0 Å². The molecule has 9 aromatic rings. The van der Waals surface area contributed by atoms with E-state index in [2.05, 4.69) is 131 Å². The van der Waals surface area contributed by atoms with Crippen LogP contribution in [-0.4, -0.2) is 16.2 Å². The van der Waals surface area contributed by atoms with Crippen LogP contribution in [0.5, 0.6) is 0 Å². The molecule has 0 aliphatic carbocycles. The highest BCUT2D eigenvalue weighted by molar-refractivity contribution is 6.35. The summed E-state index contributed by atoms with van der Waals surface area (Å²) in [6.07, 6.45) is 9.06. The Bertz CT molecular complexity index is 2920. The van der Waals surface area contributed by atoms with E-state index in [1.54, 1.807) is 0 Å². The Labute approximate surface area is 289 Å². The molecule has 3 atom stereocenters. The highest BCUT2D eigenvalue weighted by atomic mass is 16.3. The number of allylic oxidation sites excluding steroid dienone is 1. The lowest BCUT2D eigenvalue weighted by molar-refractivity contribution is -0.719. The summed E-state index contributed by atoms with van der Waals surface area (Å²) in [5.74, 6) is 0.339. The lowest BCUT2D eigenvalue weighted by atomic mass is 9.77. The summed E-state index contributed by atoms with van der Waals surface area (Å²) in [7, 11) is 0. The van der Waals surface area contributed by atoms with Gasteiger partial charge < -0.3 is 8.82 Å². The molecule has 4 heteroatoms. The molecule has 4 nitrogen and oxygen atoms in total. The van der Waals surface area contributed by atoms with Gasteiger partial charge in [0.15, 0.2) is 12.2 Å². The number of para-hydroxylation sites is 2. The van der Waals surface area contributed by atoms with Gasteiger partial charge in [0.05, 0.1) is 28.3 Å². The molecule has 0 spiro atoms. The van der Waals surface area contributed by atoms with Crippen molar-refractivity contribution in [3.05, 3.63) is 157 Å². The van der Waals surface area contributed by atoms with Gasteiger partial charge in [-0.15, -0.1) is 6.58 Å². The molecule has 5 aromatic carbocycles. The average Bonchev–Trinajstić information content (AvgIpc) is 3.81. The smallest absolute Gasteiger partial charge is 0.213 e. The van der Waals surface area contributed by atoms with Crippen LogP contribution in [0.3, 0.4) is 0 Å². The maximum absolute atomic E-state index is 6.55. The van der Waals surface area contributed by atoms with Crippen molar-refractivity contribution in [3.8, 4) is 11.3 Å². The molecule has 2 aliphatic rings. The number of benzene rings is 5. The minimum Gasteiger partial charge on any atom is -0.456 e. The number of hydrogen-bond acceptors (Lipinski definition) is 2. The number of aliphatic imine (C=N–C) groups is 1. The maximum Gasteiger partial charge on any atom is 0.213 e. The monoisotopic (exact) mass is 644 g/mol. The summed E-state index contributed by atoms with van der Waals surface area (Å²) in [5.41, 5.74) is 13.0. The minimum atomic E-state index is -0.0585. The van der Waals surface area contributed by atoms with Gasteiger partial charge in [-0.2, -0.15) is 4.57 Å². The van der Waals surface area contributed by atoms with Crippen molar-refractivity contribution < 1.29 is 8.98 Å². The number of aromatic nitrogens is 2. The third kappa shape index (κ3) is 3.65. The van der Waals surface area contributed by atoms with Crippen LogP contribution in [0.15, 0.2) is 150 Å². The zero-order chi connectivity index (χ0) is 33.1. The summed E-state index contributed by atoms with van der Waals surface area (Å²) in [6.45, 7) is 8.59. The fourth-order valence-electron chi connectivity index (χ4n) is 9.53. The molecule has 238 valence electrons. The van der Waals surface area contributed by atoms with Gasteiger partial charge in [0.25, 0.3) is 0 Å². The topological polar surface area (TPSA) is 33.8 Å². The van der Waals surface area contributed by atoms with E-state index in [1.807, 2.05) is 18.2 Å². The minimum absolute atomic E-state index is 0.0585. The summed E-state index contributed by atoms with van der Waals surface area (Å²) < 4.78 is 11.5. The summed E-state index contributed by atoms with van der Waals surface area (Å²) >= 11 is 0. The van der Waals surface area contributed by atoms with E-state index in [0.717, 1.165) is 47.1 Å². The van der Waals surface area contributed by atoms with E-state index in [9.17, 15) is 0 Å². The van der Waals surface area contributed by atoms with E-state index in [1.165, 1.54) is 65.9 Å². The lowest BCUT2D eigenvalue weighted by Crippen LogP contribution is -2.48. The largest absolute Gasteiger partial charge is 0.456 e. The van der Waals surface area contributed by atoms with Gasteiger partial charge in [0.1, 0.15) is 11.2 Å². The third-order valence-corrected chi connectivity index (χ3v) is 11.6. The van der Waals surface area contributed by atoms with Gasteiger partial charge in [0.2, 0.25) is 5.69 Å². The summed E-state index contributed by atoms with van der Waals surface area (Å²) in [6, 6.07) is 40.1. The normalized spacial score (nSPS) is 19.0. The van der Waals surface area contributed by atoms with E-state index in [0.29, 0.717) is 5.92 Å². The lowest BCUT2D eigenvalue weighted by Gasteiger charge is -2.32.